The van der Waals surface area contributed by atoms with E-state index in [-0.39, 0.29) is 11.6 Å². The Kier molecular flexibility index (Phi) is 4.52. The third-order valence-electron chi connectivity index (χ3n) is 3.18. The Hall–Kier alpha value is -1.43. The molecule has 1 aromatic carbocycles. The maximum absolute atomic E-state index is 11.8. The van der Waals surface area contributed by atoms with Crippen LogP contribution in [0, 0.1) is 16.0 Å². The van der Waals surface area contributed by atoms with E-state index in [2.05, 4.69) is 21.2 Å². The number of carbonyl (C=O) groups excluding carboxylic acids is 1. The van der Waals surface area contributed by atoms with Crippen molar-refractivity contribution in [3.63, 3.8) is 0 Å². The maximum atomic E-state index is 11.8. The lowest BCUT2D eigenvalue weighted by atomic mass is 10.2. The van der Waals surface area contributed by atoms with Crippen molar-refractivity contribution in [3.8, 4) is 0 Å². The molecule has 1 amide bonds. The second-order valence-electron chi connectivity index (χ2n) is 4.76. The Bertz CT molecular complexity index is 501. The molecule has 6 heteroatoms. The van der Waals surface area contributed by atoms with Crippen molar-refractivity contribution in [2.24, 2.45) is 5.92 Å². The van der Waals surface area contributed by atoms with E-state index in [1.807, 2.05) is 0 Å². The number of benzene rings is 1. The molecule has 0 aromatic heterocycles. The summed E-state index contributed by atoms with van der Waals surface area (Å²) < 4.78 is 0.378. The van der Waals surface area contributed by atoms with Crippen LogP contribution >= 0.6 is 15.9 Å². The molecule has 1 saturated carbocycles. The van der Waals surface area contributed by atoms with Gasteiger partial charge in [-0.05, 0) is 46.8 Å². The van der Waals surface area contributed by atoms with Crippen molar-refractivity contribution in [2.75, 3.05) is 6.54 Å². The Morgan fingerprint density at radius 1 is 1.47 bits per heavy atom. The first-order valence-electron chi connectivity index (χ1n) is 6.30. The average molecular weight is 327 g/mol. The summed E-state index contributed by atoms with van der Waals surface area (Å²) in [6.45, 7) is 0.624. The van der Waals surface area contributed by atoms with Gasteiger partial charge in [0.2, 0.25) is 0 Å². The highest BCUT2D eigenvalue weighted by atomic mass is 79.9. The molecule has 1 aliphatic carbocycles. The summed E-state index contributed by atoms with van der Waals surface area (Å²) in [5, 5.41) is 13.6. The number of rotatable bonds is 6. The maximum Gasteiger partial charge on any atom is 0.284 e. The van der Waals surface area contributed by atoms with Crippen LogP contribution in [0.5, 0.6) is 0 Å². The monoisotopic (exact) mass is 326 g/mol. The third kappa shape index (κ3) is 4.02. The molecule has 0 radical (unpaired) electrons. The quantitative estimate of drug-likeness (QED) is 0.495. The summed E-state index contributed by atoms with van der Waals surface area (Å²) in [5.74, 6) is 0.595. The average Bonchev–Trinajstić information content (AvgIpc) is 3.18. The Labute approximate surface area is 119 Å². The highest BCUT2D eigenvalue weighted by molar-refractivity contribution is 9.10. The van der Waals surface area contributed by atoms with Crippen LogP contribution in [0.25, 0.3) is 0 Å². The molecule has 0 saturated heterocycles. The fourth-order valence-electron chi connectivity index (χ4n) is 1.90. The molecule has 0 unspecified atom stereocenters. The predicted octanol–water partition coefficient (Wildman–Crippen LogP) is 3.28. The molecule has 1 fully saturated rings. The van der Waals surface area contributed by atoms with Crippen LogP contribution in [0.3, 0.4) is 0 Å². The molecule has 1 aromatic rings. The molecular weight excluding hydrogens is 312 g/mol. The predicted molar refractivity (Wildman–Crippen MR) is 75.1 cm³/mol. The molecule has 0 bridgehead atoms. The van der Waals surface area contributed by atoms with Crippen molar-refractivity contribution in [3.05, 3.63) is 38.3 Å². The lowest BCUT2D eigenvalue weighted by molar-refractivity contribution is -0.385. The van der Waals surface area contributed by atoms with Gasteiger partial charge in [0.1, 0.15) is 0 Å². The largest absolute Gasteiger partial charge is 0.352 e. The molecular formula is C13H15BrN2O3. The summed E-state index contributed by atoms with van der Waals surface area (Å²) in [5.41, 5.74) is 0.229. The number of nitrogens with zero attached hydrogens (tertiary/aromatic N) is 1. The van der Waals surface area contributed by atoms with Gasteiger partial charge >= 0.3 is 0 Å². The number of halogens is 1. The zero-order valence-electron chi connectivity index (χ0n) is 10.4. The van der Waals surface area contributed by atoms with Gasteiger partial charge < -0.3 is 5.32 Å². The van der Waals surface area contributed by atoms with Crippen LogP contribution in [0.15, 0.2) is 22.7 Å². The molecule has 102 valence electrons. The van der Waals surface area contributed by atoms with Crippen LogP contribution in [0.1, 0.15) is 36.0 Å². The molecule has 0 aliphatic heterocycles. The number of hydrogen-bond donors (Lipinski definition) is 1. The van der Waals surface area contributed by atoms with Crippen molar-refractivity contribution >= 4 is 27.5 Å². The van der Waals surface area contributed by atoms with Gasteiger partial charge in [-0.1, -0.05) is 12.8 Å². The smallest absolute Gasteiger partial charge is 0.284 e. The SMILES string of the molecule is O=C(NCCCC1CC1)c1ccc(Br)c([N+](=O)[O-])c1. The van der Waals surface area contributed by atoms with E-state index in [4.69, 9.17) is 0 Å². The molecule has 0 atom stereocenters. The van der Waals surface area contributed by atoms with Gasteiger partial charge in [0.05, 0.1) is 9.40 Å². The fraction of sp³-hybridized carbons (Fsp3) is 0.462. The number of carbonyl (C=O) groups is 1. The normalized spacial score (nSPS) is 14.2. The summed E-state index contributed by atoms with van der Waals surface area (Å²) >= 11 is 3.09. The number of amides is 1. The molecule has 2 rings (SSSR count). The lowest BCUT2D eigenvalue weighted by Crippen LogP contribution is -2.24. The molecule has 1 N–H and O–H groups in total. The van der Waals surface area contributed by atoms with E-state index >= 15 is 0 Å². The minimum atomic E-state index is -0.506. The Morgan fingerprint density at radius 3 is 2.84 bits per heavy atom. The second-order valence-corrected chi connectivity index (χ2v) is 5.62. The van der Waals surface area contributed by atoms with Crippen LogP contribution in [-0.2, 0) is 0 Å². The second kappa shape index (κ2) is 6.14. The third-order valence-corrected chi connectivity index (χ3v) is 3.85. The summed E-state index contributed by atoms with van der Waals surface area (Å²) in [4.78, 5) is 22.1. The van der Waals surface area contributed by atoms with Crippen LogP contribution in [0.2, 0.25) is 0 Å². The lowest BCUT2D eigenvalue weighted by Gasteiger charge is -2.05. The minimum Gasteiger partial charge on any atom is -0.352 e. The van der Waals surface area contributed by atoms with Crippen molar-refractivity contribution < 1.29 is 9.72 Å². The van der Waals surface area contributed by atoms with Crippen LogP contribution < -0.4 is 5.32 Å². The van der Waals surface area contributed by atoms with E-state index in [1.54, 1.807) is 6.07 Å². The van der Waals surface area contributed by atoms with Gasteiger partial charge in [-0.15, -0.1) is 0 Å². The van der Waals surface area contributed by atoms with E-state index in [1.165, 1.54) is 25.0 Å². The highest BCUT2D eigenvalue weighted by Crippen LogP contribution is 2.33. The van der Waals surface area contributed by atoms with Gasteiger partial charge in [0, 0.05) is 18.2 Å². The van der Waals surface area contributed by atoms with E-state index in [0.29, 0.717) is 16.6 Å². The fourth-order valence-corrected chi connectivity index (χ4v) is 2.29. The van der Waals surface area contributed by atoms with Gasteiger partial charge in [0.25, 0.3) is 11.6 Å². The van der Waals surface area contributed by atoms with Crippen molar-refractivity contribution in [2.45, 2.75) is 25.7 Å². The minimum absolute atomic E-state index is 0.0920. The topological polar surface area (TPSA) is 72.2 Å². The van der Waals surface area contributed by atoms with Gasteiger partial charge in [-0.25, -0.2) is 0 Å². The Morgan fingerprint density at radius 2 is 2.21 bits per heavy atom. The van der Waals surface area contributed by atoms with Crippen molar-refractivity contribution in [1.29, 1.82) is 0 Å². The first-order valence-corrected chi connectivity index (χ1v) is 7.09. The first kappa shape index (κ1) is 14.0. The number of nitrogens with one attached hydrogen (secondary N) is 1. The Balaban J connectivity index is 1.90. The molecule has 19 heavy (non-hydrogen) atoms. The van der Waals surface area contributed by atoms with Crippen LogP contribution in [-0.4, -0.2) is 17.4 Å². The molecule has 0 spiro atoms. The number of nitro benzene ring substituents is 1. The van der Waals surface area contributed by atoms with Gasteiger partial charge in [-0.3, -0.25) is 14.9 Å². The zero-order valence-corrected chi connectivity index (χ0v) is 12.0. The van der Waals surface area contributed by atoms with Gasteiger partial charge in [-0.2, -0.15) is 0 Å². The van der Waals surface area contributed by atoms with E-state index in [0.717, 1.165) is 18.8 Å². The summed E-state index contributed by atoms with van der Waals surface area (Å²) in [7, 11) is 0. The number of hydrogen-bond acceptors (Lipinski definition) is 3. The molecule has 0 heterocycles. The number of nitro groups is 1. The van der Waals surface area contributed by atoms with E-state index < -0.39 is 4.92 Å². The zero-order chi connectivity index (χ0) is 13.8. The first-order chi connectivity index (χ1) is 9.08. The van der Waals surface area contributed by atoms with Crippen molar-refractivity contribution in [1.82, 2.24) is 5.32 Å². The highest BCUT2D eigenvalue weighted by Gasteiger charge is 2.20. The summed E-state index contributed by atoms with van der Waals surface area (Å²) in [6.07, 6.45) is 4.75. The molecule has 1 aliphatic rings. The van der Waals surface area contributed by atoms with Crippen LogP contribution in [0.4, 0.5) is 5.69 Å². The molecule has 5 nitrogen and oxygen atoms in total. The van der Waals surface area contributed by atoms with Gasteiger partial charge in [0.15, 0.2) is 0 Å². The summed E-state index contributed by atoms with van der Waals surface area (Å²) in [6, 6.07) is 4.39. The standard InChI is InChI=1S/C13H15BrN2O3/c14-11-6-5-10(8-12(11)16(18)19)13(17)15-7-1-2-9-3-4-9/h5-6,8-9H,1-4,7H2,(H,15,17). The van der Waals surface area contributed by atoms with E-state index in [9.17, 15) is 14.9 Å².